The molecule has 3 heterocycles. The van der Waals surface area contributed by atoms with Gasteiger partial charge < -0.3 is 15.0 Å². The molecule has 0 spiro atoms. The van der Waals surface area contributed by atoms with Gasteiger partial charge in [-0.25, -0.2) is 0 Å². The standard InChI is InChI=1S/C20H23N5O2/c1-27-17-7-5-15(6-8-17)14-19(26)21-16-9-12-24(13-10-16)20-23-22-18-4-2-3-11-25(18)20/h2-8,11,16H,9-10,12-14H2,1H3,(H,21,26). The Morgan fingerprint density at radius 2 is 1.93 bits per heavy atom. The topological polar surface area (TPSA) is 71.8 Å². The van der Waals surface area contributed by atoms with Crippen molar-refractivity contribution in [3.8, 4) is 5.75 Å². The summed E-state index contributed by atoms with van der Waals surface area (Å²) in [4.78, 5) is 14.6. The van der Waals surface area contributed by atoms with Crippen molar-refractivity contribution in [2.75, 3.05) is 25.1 Å². The van der Waals surface area contributed by atoms with Crippen LogP contribution in [-0.4, -0.2) is 46.7 Å². The first-order valence-corrected chi connectivity index (χ1v) is 9.20. The van der Waals surface area contributed by atoms with Gasteiger partial charge in [-0.15, -0.1) is 10.2 Å². The summed E-state index contributed by atoms with van der Waals surface area (Å²) in [5.74, 6) is 1.73. The number of nitrogens with zero attached hydrogens (tertiary/aromatic N) is 4. The second kappa shape index (κ2) is 7.65. The Kier molecular flexibility index (Phi) is 4.91. The van der Waals surface area contributed by atoms with Gasteiger partial charge >= 0.3 is 0 Å². The number of pyridine rings is 1. The summed E-state index contributed by atoms with van der Waals surface area (Å²) in [5, 5.41) is 11.7. The first-order valence-electron chi connectivity index (χ1n) is 9.20. The third-order valence-corrected chi connectivity index (χ3v) is 4.96. The second-order valence-electron chi connectivity index (χ2n) is 6.78. The van der Waals surface area contributed by atoms with E-state index >= 15 is 0 Å². The van der Waals surface area contributed by atoms with Gasteiger partial charge in [0.25, 0.3) is 0 Å². The van der Waals surface area contributed by atoms with E-state index in [2.05, 4.69) is 20.4 Å². The Bertz CT molecular complexity index is 914. The van der Waals surface area contributed by atoms with E-state index in [-0.39, 0.29) is 11.9 Å². The molecule has 1 N–H and O–H groups in total. The summed E-state index contributed by atoms with van der Waals surface area (Å²) >= 11 is 0. The maximum Gasteiger partial charge on any atom is 0.231 e. The molecule has 1 saturated heterocycles. The van der Waals surface area contributed by atoms with E-state index in [1.165, 1.54) is 0 Å². The summed E-state index contributed by atoms with van der Waals surface area (Å²) in [6, 6.07) is 13.7. The van der Waals surface area contributed by atoms with Crippen LogP contribution in [0, 0.1) is 0 Å². The molecule has 0 radical (unpaired) electrons. The molecular formula is C20H23N5O2. The third-order valence-electron chi connectivity index (χ3n) is 4.96. The van der Waals surface area contributed by atoms with Crippen molar-refractivity contribution in [3.63, 3.8) is 0 Å². The minimum Gasteiger partial charge on any atom is -0.497 e. The van der Waals surface area contributed by atoms with E-state index in [0.29, 0.717) is 6.42 Å². The monoisotopic (exact) mass is 365 g/mol. The van der Waals surface area contributed by atoms with E-state index in [4.69, 9.17) is 4.74 Å². The number of piperidine rings is 1. The lowest BCUT2D eigenvalue weighted by molar-refractivity contribution is -0.121. The van der Waals surface area contributed by atoms with E-state index in [0.717, 1.165) is 48.8 Å². The number of nitrogens with one attached hydrogen (secondary N) is 1. The third kappa shape index (κ3) is 3.86. The van der Waals surface area contributed by atoms with Gasteiger partial charge in [0.05, 0.1) is 13.5 Å². The molecule has 1 fully saturated rings. The molecule has 7 nitrogen and oxygen atoms in total. The minimum absolute atomic E-state index is 0.0616. The molecule has 0 unspecified atom stereocenters. The number of carbonyl (C=O) groups excluding carboxylic acids is 1. The number of ether oxygens (including phenoxy) is 1. The van der Waals surface area contributed by atoms with Crippen LogP contribution in [0.5, 0.6) is 5.75 Å². The van der Waals surface area contributed by atoms with Crippen molar-refractivity contribution in [2.24, 2.45) is 0 Å². The fraction of sp³-hybridized carbons (Fsp3) is 0.350. The molecule has 1 aliphatic rings. The zero-order valence-corrected chi connectivity index (χ0v) is 15.3. The zero-order chi connectivity index (χ0) is 18.6. The van der Waals surface area contributed by atoms with Gasteiger partial charge in [-0.05, 0) is 42.7 Å². The second-order valence-corrected chi connectivity index (χ2v) is 6.78. The van der Waals surface area contributed by atoms with Gasteiger partial charge in [0, 0.05) is 25.3 Å². The van der Waals surface area contributed by atoms with Crippen molar-refractivity contribution in [2.45, 2.75) is 25.3 Å². The molecule has 27 heavy (non-hydrogen) atoms. The molecule has 2 aromatic heterocycles. The number of anilines is 1. The highest BCUT2D eigenvalue weighted by molar-refractivity contribution is 5.78. The number of amides is 1. The normalized spacial score (nSPS) is 15.1. The van der Waals surface area contributed by atoms with Crippen molar-refractivity contribution >= 4 is 17.5 Å². The molecule has 1 aromatic carbocycles. The average molecular weight is 365 g/mol. The molecule has 0 aliphatic carbocycles. The lowest BCUT2D eigenvalue weighted by atomic mass is 10.0. The van der Waals surface area contributed by atoms with Gasteiger partial charge in [0.2, 0.25) is 11.9 Å². The van der Waals surface area contributed by atoms with Gasteiger partial charge in [0.1, 0.15) is 5.75 Å². The molecule has 7 heteroatoms. The predicted molar refractivity (Wildman–Crippen MR) is 103 cm³/mol. The number of hydrogen-bond acceptors (Lipinski definition) is 5. The fourth-order valence-electron chi connectivity index (χ4n) is 3.48. The Hall–Kier alpha value is -3.09. The number of methoxy groups -OCH3 is 1. The maximum absolute atomic E-state index is 12.3. The predicted octanol–water partition coefficient (Wildman–Crippen LogP) is 2.07. The average Bonchev–Trinajstić information content (AvgIpc) is 3.13. The first-order chi connectivity index (χ1) is 13.2. The molecule has 0 saturated carbocycles. The van der Waals surface area contributed by atoms with Gasteiger partial charge in [-0.1, -0.05) is 18.2 Å². The summed E-state index contributed by atoms with van der Waals surface area (Å²) in [6.45, 7) is 1.70. The molecule has 140 valence electrons. The van der Waals surface area contributed by atoms with Crippen molar-refractivity contribution in [1.29, 1.82) is 0 Å². The van der Waals surface area contributed by atoms with E-state index in [1.54, 1.807) is 7.11 Å². The molecule has 1 aliphatic heterocycles. The highest BCUT2D eigenvalue weighted by Gasteiger charge is 2.23. The van der Waals surface area contributed by atoms with Crippen molar-refractivity contribution < 1.29 is 9.53 Å². The van der Waals surface area contributed by atoms with E-state index < -0.39 is 0 Å². The smallest absolute Gasteiger partial charge is 0.231 e. The van der Waals surface area contributed by atoms with Crippen LogP contribution in [0.4, 0.5) is 5.95 Å². The highest BCUT2D eigenvalue weighted by atomic mass is 16.5. The first kappa shape index (κ1) is 17.3. The summed E-state index contributed by atoms with van der Waals surface area (Å²) in [6.07, 6.45) is 4.17. The van der Waals surface area contributed by atoms with Crippen molar-refractivity contribution in [3.05, 3.63) is 54.2 Å². The van der Waals surface area contributed by atoms with Crippen molar-refractivity contribution in [1.82, 2.24) is 19.9 Å². The van der Waals surface area contributed by atoms with Crippen LogP contribution in [0.15, 0.2) is 48.7 Å². The van der Waals surface area contributed by atoms with Gasteiger partial charge in [-0.2, -0.15) is 0 Å². The van der Waals surface area contributed by atoms with Crippen LogP contribution in [0.3, 0.4) is 0 Å². The number of fused-ring (bicyclic) bond motifs is 1. The minimum atomic E-state index is 0.0616. The van der Waals surface area contributed by atoms with E-state index in [1.807, 2.05) is 53.1 Å². The fourth-order valence-corrected chi connectivity index (χ4v) is 3.48. The maximum atomic E-state index is 12.3. The summed E-state index contributed by atoms with van der Waals surface area (Å²) < 4.78 is 7.15. The Balaban J connectivity index is 1.30. The zero-order valence-electron chi connectivity index (χ0n) is 15.3. The number of carbonyl (C=O) groups is 1. The van der Waals surface area contributed by atoms with Crippen LogP contribution in [0.2, 0.25) is 0 Å². The quantitative estimate of drug-likeness (QED) is 0.749. The molecule has 0 atom stereocenters. The van der Waals surface area contributed by atoms with Crippen LogP contribution >= 0.6 is 0 Å². The van der Waals surface area contributed by atoms with Gasteiger partial charge in [-0.3, -0.25) is 9.20 Å². The van der Waals surface area contributed by atoms with Crippen LogP contribution < -0.4 is 15.0 Å². The highest BCUT2D eigenvalue weighted by Crippen LogP contribution is 2.19. The number of benzene rings is 1. The van der Waals surface area contributed by atoms with Crippen LogP contribution in [-0.2, 0) is 11.2 Å². The Morgan fingerprint density at radius 1 is 1.15 bits per heavy atom. The van der Waals surface area contributed by atoms with E-state index in [9.17, 15) is 4.79 Å². The lowest BCUT2D eigenvalue weighted by Gasteiger charge is -2.32. The molecule has 3 aromatic rings. The summed E-state index contributed by atoms with van der Waals surface area (Å²) in [7, 11) is 1.64. The largest absolute Gasteiger partial charge is 0.497 e. The van der Waals surface area contributed by atoms with Crippen LogP contribution in [0.25, 0.3) is 5.65 Å². The Morgan fingerprint density at radius 3 is 2.67 bits per heavy atom. The number of hydrogen-bond donors (Lipinski definition) is 1. The lowest BCUT2D eigenvalue weighted by Crippen LogP contribution is -2.45. The van der Waals surface area contributed by atoms with Gasteiger partial charge in [0.15, 0.2) is 5.65 Å². The number of aromatic nitrogens is 3. The van der Waals surface area contributed by atoms with Crippen LogP contribution in [0.1, 0.15) is 18.4 Å². The molecule has 0 bridgehead atoms. The Labute approximate surface area is 158 Å². The molecular weight excluding hydrogens is 342 g/mol. The number of rotatable bonds is 5. The summed E-state index contributed by atoms with van der Waals surface area (Å²) in [5.41, 5.74) is 1.84. The molecule has 1 amide bonds. The molecule has 4 rings (SSSR count). The SMILES string of the molecule is COc1ccc(CC(=O)NC2CCN(c3nnc4ccccn34)CC2)cc1.